The Labute approximate surface area is 111 Å². The van der Waals surface area contributed by atoms with Gasteiger partial charge in [-0.15, -0.1) is 0 Å². The molecule has 0 aliphatic heterocycles. The van der Waals surface area contributed by atoms with Gasteiger partial charge in [-0.1, -0.05) is 37.5 Å². The third kappa shape index (κ3) is 3.15. The van der Waals surface area contributed by atoms with Crippen molar-refractivity contribution in [1.29, 1.82) is 0 Å². The molecule has 0 N–H and O–H groups in total. The molecule has 0 saturated heterocycles. The smallest absolute Gasteiger partial charge is 0.222 e. The summed E-state index contributed by atoms with van der Waals surface area (Å²) in [6, 6.07) is 8.30. The van der Waals surface area contributed by atoms with E-state index < -0.39 is 8.32 Å². The van der Waals surface area contributed by atoms with E-state index in [0.717, 1.165) is 5.75 Å². The first-order valence-corrected chi connectivity index (χ1v) is 9.85. The van der Waals surface area contributed by atoms with Gasteiger partial charge in [0.05, 0.1) is 7.11 Å². The molecule has 1 aromatic rings. The summed E-state index contributed by atoms with van der Waals surface area (Å²) in [6.07, 6.45) is 6.93. The van der Waals surface area contributed by atoms with E-state index in [1.807, 2.05) is 12.1 Å². The number of hydrogen-bond donors (Lipinski definition) is 0. The number of methoxy groups -OCH3 is 1. The lowest BCUT2D eigenvalue weighted by Gasteiger charge is -2.32. The first kappa shape index (κ1) is 13.6. The van der Waals surface area contributed by atoms with Gasteiger partial charge in [0, 0.05) is 11.3 Å². The van der Waals surface area contributed by atoms with Crippen LogP contribution in [0.4, 0.5) is 0 Å². The molecule has 1 fully saturated rings. The van der Waals surface area contributed by atoms with Crippen LogP contribution >= 0.6 is 0 Å². The SMILES string of the molecule is COc1ccccc1[Si](C)(C)OC1CCCCC1. The van der Waals surface area contributed by atoms with E-state index in [2.05, 4.69) is 25.2 Å². The quantitative estimate of drug-likeness (QED) is 0.775. The second-order valence-electron chi connectivity index (χ2n) is 5.59. The van der Waals surface area contributed by atoms with Crippen LogP contribution in [0.5, 0.6) is 5.75 Å². The van der Waals surface area contributed by atoms with Crippen molar-refractivity contribution in [3.63, 3.8) is 0 Å². The van der Waals surface area contributed by atoms with Crippen molar-refractivity contribution in [3.8, 4) is 5.75 Å². The maximum Gasteiger partial charge on any atom is 0.222 e. The number of ether oxygens (including phenoxy) is 1. The molecule has 100 valence electrons. The fraction of sp³-hybridized carbons (Fsp3) is 0.600. The van der Waals surface area contributed by atoms with Crippen molar-refractivity contribution in [1.82, 2.24) is 0 Å². The van der Waals surface area contributed by atoms with E-state index in [4.69, 9.17) is 9.16 Å². The summed E-state index contributed by atoms with van der Waals surface area (Å²) >= 11 is 0. The van der Waals surface area contributed by atoms with Crippen molar-refractivity contribution in [2.24, 2.45) is 0 Å². The zero-order valence-corrected chi connectivity index (χ0v) is 12.7. The monoisotopic (exact) mass is 264 g/mol. The van der Waals surface area contributed by atoms with Gasteiger partial charge in [-0.2, -0.15) is 0 Å². The summed E-state index contributed by atoms with van der Waals surface area (Å²) in [5.41, 5.74) is 0. The molecule has 0 aromatic heterocycles. The van der Waals surface area contributed by atoms with Crippen LogP contribution in [0, 0.1) is 0 Å². The van der Waals surface area contributed by atoms with Gasteiger partial charge in [-0.05, 0) is 32.0 Å². The summed E-state index contributed by atoms with van der Waals surface area (Å²) in [5.74, 6) is 0.977. The average Bonchev–Trinajstić information content (AvgIpc) is 2.39. The predicted octanol–water partition coefficient (Wildman–Crippen LogP) is 3.46. The molecule has 0 spiro atoms. The molecule has 0 unspecified atom stereocenters. The van der Waals surface area contributed by atoms with Gasteiger partial charge in [-0.25, -0.2) is 0 Å². The topological polar surface area (TPSA) is 18.5 Å². The van der Waals surface area contributed by atoms with E-state index in [1.54, 1.807) is 7.11 Å². The largest absolute Gasteiger partial charge is 0.497 e. The van der Waals surface area contributed by atoms with E-state index in [9.17, 15) is 0 Å². The molecule has 1 aliphatic rings. The molecule has 18 heavy (non-hydrogen) atoms. The van der Waals surface area contributed by atoms with Crippen LogP contribution in [-0.4, -0.2) is 21.5 Å². The van der Waals surface area contributed by atoms with Crippen LogP contribution in [0.3, 0.4) is 0 Å². The van der Waals surface area contributed by atoms with Crippen molar-refractivity contribution < 1.29 is 9.16 Å². The predicted molar refractivity (Wildman–Crippen MR) is 78.1 cm³/mol. The fourth-order valence-electron chi connectivity index (χ4n) is 2.81. The van der Waals surface area contributed by atoms with E-state index in [-0.39, 0.29) is 0 Å². The summed E-state index contributed by atoms with van der Waals surface area (Å²) < 4.78 is 11.9. The maximum absolute atomic E-state index is 6.47. The van der Waals surface area contributed by atoms with Crippen LogP contribution in [0.1, 0.15) is 32.1 Å². The first-order valence-electron chi connectivity index (χ1n) is 6.95. The Hall–Kier alpha value is -0.803. The van der Waals surface area contributed by atoms with Crippen LogP contribution in [-0.2, 0) is 4.43 Å². The van der Waals surface area contributed by atoms with Crippen molar-refractivity contribution >= 4 is 13.5 Å². The zero-order chi connectivity index (χ0) is 13.0. The molecule has 0 atom stereocenters. The van der Waals surface area contributed by atoms with Gasteiger partial charge < -0.3 is 9.16 Å². The third-order valence-electron chi connectivity index (χ3n) is 3.77. The molecule has 1 saturated carbocycles. The number of para-hydroxylation sites is 1. The summed E-state index contributed by atoms with van der Waals surface area (Å²) in [4.78, 5) is 0. The Morgan fingerprint density at radius 1 is 1.06 bits per heavy atom. The lowest BCUT2D eigenvalue weighted by Crippen LogP contribution is -2.48. The molecular formula is C15H24O2Si. The minimum absolute atomic E-state index is 0.463. The second-order valence-corrected chi connectivity index (χ2v) is 9.38. The Kier molecular flexibility index (Phi) is 4.46. The highest BCUT2D eigenvalue weighted by atomic mass is 28.4. The third-order valence-corrected chi connectivity index (χ3v) is 6.40. The molecule has 0 bridgehead atoms. The number of rotatable bonds is 4. The van der Waals surface area contributed by atoms with Gasteiger partial charge in [0.25, 0.3) is 0 Å². The van der Waals surface area contributed by atoms with Crippen LogP contribution < -0.4 is 9.92 Å². The summed E-state index contributed by atoms with van der Waals surface area (Å²) in [7, 11) is -0.117. The van der Waals surface area contributed by atoms with Gasteiger partial charge in [0.2, 0.25) is 8.32 Å². The van der Waals surface area contributed by atoms with Gasteiger partial charge in [0.1, 0.15) is 5.75 Å². The van der Waals surface area contributed by atoms with E-state index >= 15 is 0 Å². The lowest BCUT2D eigenvalue weighted by atomic mass is 9.98. The standard InChI is InChI=1S/C15H24O2Si/c1-16-14-11-7-8-12-15(14)18(2,3)17-13-9-5-4-6-10-13/h7-8,11-13H,4-6,9-10H2,1-3H3. The fourth-order valence-corrected chi connectivity index (χ4v) is 5.28. The summed E-state index contributed by atoms with van der Waals surface area (Å²) in [5, 5.41) is 1.28. The second kappa shape index (κ2) is 5.89. The van der Waals surface area contributed by atoms with Crippen LogP contribution in [0.15, 0.2) is 24.3 Å². The van der Waals surface area contributed by atoms with Gasteiger partial charge >= 0.3 is 0 Å². The molecule has 0 heterocycles. The zero-order valence-electron chi connectivity index (χ0n) is 11.7. The highest BCUT2D eigenvalue weighted by molar-refractivity contribution is 6.85. The molecule has 2 nitrogen and oxygen atoms in total. The van der Waals surface area contributed by atoms with E-state index in [1.165, 1.54) is 37.3 Å². The van der Waals surface area contributed by atoms with Crippen molar-refractivity contribution in [2.75, 3.05) is 7.11 Å². The lowest BCUT2D eigenvalue weighted by molar-refractivity contribution is 0.150. The number of hydrogen-bond acceptors (Lipinski definition) is 2. The number of benzene rings is 1. The van der Waals surface area contributed by atoms with E-state index in [0.29, 0.717) is 6.10 Å². The molecular weight excluding hydrogens is 240 g/mol. The molecule has 0 radical (unpaired) electrons. The minimum atomic E-state index is -1.86. The molecule has 2 rings (SSSR count). The Morgan fingerprint density at radius 2 is 1.72 bits per heavy atom. The van der Waals surface area contributed by atoms with Crippen LogP contribution in [0.25, 0.3) is 0 Å². The Bertz CT molecular complexity index is 384. The highest BCUT2D eigenvalue weighted by Crippen LogP contribution is 2.25. The maximum atomic E-state index is 6.47. The van der Waals surface area contributed by atoms with Gasteiger partial charge in [-0.3, -0.25) is 0 Å². The Balaban J connectivity index is 2.13. The van der Waals surface area contributed by atoms with Crippen molar-refractivity contribution in [3.05, 3.63) is 24.3 Å². The van der Waals surface area contributed by atoms with Crippen LogP contribution in [0.2, 0.25) is 13.1 Å². The normalized spacial score (nSPS) is 17.7. The molecule has 1 aliphatic carbocycles. The Morgan fingerprint density at radius 3 is 2.39 bits per heavy atom. The van der Waals surface area contributed by atoms with Gasteiger partial charge in [0.15, 0.2) is 0 Å². The summed E-state index contributed by atoms with van der Waals surface area (Å²) in [6.45, 7) is 4.55. The molecule has 1 aromatic carbocycles. The molecule has 0 amide bonds. The average molecular weight is 264 g/mol. The highest BCUT2D eigenvalue weighted by Gasteiger charge is 2.32. The minimum Gasteiger partial charge on any atom is -0.497 e. The first-order chi connectivity index (χ1) is 8.63. The molecule has 3 heteroatoms. The van der Waals surface area contributed by atoms with Crippen molar-refractivity contribution in [2.45, 2.75) is 51.3 Å².